The molecule has 1 aromatic rings. The molecule has 134 valence electrons. The molecule has 2 rings (SSSR count). The summed E-state index contributed by atoms with van der Waals surface area (Å²) in [5.41, 5.74) is 3.84. The highest BCUT2D eigenvalue weighted by Crippen LogP contribution is 2.24. The first-order valence-electron chi connectivity index (χ1n) is 8.29. The van der Waals surface area contributed by atoms with E-state index in [2.05, 4.69) is 28.9 Å². The normalized spacial score (nSPS) is 18.3. The van der Waals surface area contributed by atoms with Gasteiger partial charge in [-0.15, -0.1) is 0 Å². The van der Waals surface area contributed by atoms with Crippen LogP contribution in [0.4, 0.5) is 0 Å². The van der Waals surface area contributed by atoms with E-state index in [0.717, 1.165) is 28.5 Å². The lowest BCUT2D eigenvalue weighted by molar-refractivity contribution is -0.139. The van der Waals surface area contributed by atoms with Gasteiger partial charge in [0.15, 0.2) is 12.0 Å². The number of hydrogen-bond donors (Lipinski definition) is 0. The summed E-state index contributed by atoms with van der Waals surface area (Å²) in [6.45, 7) is 5.85. The SMILES string of the molecule is C/C(=C/c1cc(C)c(C=O)o1)C[C@H]1C=C(CC/C=C(\C)CBr)C(=O)O1. The third-order valence-electron chi connectivity index (χ3n) is 4.02. The number of alkyl halides is 1. The Morgan fingerprint density at radius 1 is 1.32 bits per heavy atom. The van der Waals surface area contributed by atoms with Crippen LogP contribution in [0.25, 0.3) is 6.08 Å². The molecule has 0 aromatic carbocycles. The zero-order chi connectivity index (χ0) is 18.4. The van der Waals surface area contributed by atoms with Crippen molar-refractivity contribution in [1.82, 2.24) is 0 Å². The van der Waals surface area contributed by atoms with Gasteiger partial charge in [-0.2, -0.15) is 0 Å². The topological polar surface area (TPSA) is 56.5 Å². The van der Waals surface area contributed by atoms with Crippen LogP contribution in [0.1, 0.15) is 55.0 Å². The minimum atomic E-state index is -0.235. The Hall–Kier alpha value is -1.88. The van der Waals surface area contributed by atoms with Crippen molar-refractivity contribution in [3.05, 3.63) is 52.0 Å². The maximum absolute atomic E-state index is 12.0. The number of aryl methyl sites for hydroxylation is 1. The van der Waals surface area contributed by atoms with E-state index in [1.807, 2.05) is 32.1 Å². The molecule has 1 aromatic heterocycles. The van der Waals surface area contributed by atoms with Crippen LogP contribution in [0.15, 0.2) is 39.4 Å². The van der Waals surface area contributed by atoms with Crippen molar-refractivity contribution in [3.63, 3.8) is 0 Å². The van der Waals surface area contributed by atoms with Gasteiger partial charge in [0.2, 0.25) is 0 Å². The molecule has 0 bridgehead atoms. The average Bonchev–Trinajstić information content (AvgIpc) is 3.09. The number of halogens is 1. The van der Waals surface area contributed by atoms with Gasteiger partial charge < -0.3 is 9.15 Å². The molecule has 0 N–H and O–H groups in total. The van der Waals surface area contributed by atoms with Crippen LogP contribution in [0.2, 0.25) is 0 Å². The lowest BCUT2D eigenvalue weighted by Gasteiger charge is -2.07. The highest BCUT2D eigenvalue weighted by atomic mass is 79.9. The molecule has 1 aliphatic rings. The van der Waals surface area contributed by atoms with Gasteiger partial charge in [0.25, 0.3) is 0 Å². The van der Waals surface area contributed by atoms with Gasteiger partial charge in [0.1, 0.15) is 11.9 Å². The fourth-order valence-electron chi connectivity index (χ4n) is 2.68. The summed E-state index contributed by atoms with van der Waals surface area (Å²) in [5, 5.41) is 0.848. The van der Waals surface area contributed by atoms with Crippen molar-refractivity contribution < 1.29 is 18.7 Å². The number of carbonyl (C=O) groups is 2. The van der Waals surface area contributed by atoms with Crippen LogP contribution < -0.4 is 0 Å². The highest BCUT2D eigenvalue weighted by molar-refractivity contribution is 9.09. The van der Waals surface area contributed by atoms with Gasteiger partial charge in [0, 0.05) is 17.3 Å². The third-order valence-corrected chi connectivity index (χ3v) is 4.90. The van der Waals surface area contributed by atoms with Crippen LogP contribution in [-0.4, -0.2) is 23.7 Å². The third kappa shape index (κ3) is 5.56. The van der Waals surface area contributed by atoms with Gasteiger partial charge in [-0.1, -0.05) is 33.2 Å². The zero-order valence-electron chi connectivity index (χ0n) is 14.8. The summed E-state index contributed by atoms with van der Waals surface area (Å²) in [5.74, 6) is 0.765. The summed E-state index contributed by atoms with van der Waals surface area (Å²) in [4.78, 5) is 22.8. The first kappa shape index (κ1) is 19.4. The van der Waals surface area contributed by atoms with Crippen molar-refractivity contribution in [2.45, 2.75) is 46.1 Å². The molecule has 1 aliphatic heterocycles. The largest absolute Gasteiger partial charge is 0.454 e. The van der Waals surface area contributed by atoms with E-state index in [0.29, 0.717) is 30.6 Å². The molecule has 1 atom stereocenters. The van der Waals surface area contributed by atoms with Crippen molar-refractivity contribution in [1.29, 1.82) is 0 Å². The van der Waals surface area contributed by atoms with Crippen LogP contribution in [0, 0.1) is 6.92 Å². The summed E-state index contributed by atoms with van der Waals surface area (Å²) < 4.78 is 10.9. The molecule has 2 heterocycles. The standard InChI is InChI=1S/C20H23BrO4/c1-13(11-21)5-4-6-16-10-18(25-20(16)23)8-14(2)7-17-9-15(3)19(12-22)24-17/h5,7,9-10,12,18H,4,6,8,11H2,1-3H3/b13-5+,14-7-/t18-/m0/s1. The van der Waals surface area contributed by atoms with Gasteiger partial charge >= 0.3 is 5.97 Å². The number of hydrogen-bond acceptors (Lipinski definition) is 4. The molecule has 4 nitrogen and oxygen atoms in total. The highest BCUT2D eigenvalue weighted by Gasteiger charge is 2.24. The van der Waals surface area contributed by atoms with E-state index in [4.69, 9.17) is 9.15 Å². The Labute approximate surface area is 156 Å². The molecule has 0 aliphatic carbocycles. The Bertz CT molecular complexity index is 737. The number of esters is 1. The van der Waals surface area contributed by atoms with Crippen molar-refractivity contribution in [3.8, 4) is 0 Å². The summed E-state index contributed by atoms with van der Waals surface area (Å²) in [6.07, 6.45) is 8.54. The molecular weight excluding hydrogens is 384 g/mol. The molecule has 25 heavy (non-hydrogen) atoms. The first-order valence-corrected chi connectivity index (χ1v) is 9.41. The summed E-state index contributed by atoms with van der Waals surface area (Å²) in [6, 6.07) is 1.83. The van der Waals surface area contributed by atoms with Crippen LogP contribution >= 0.6 is 15.9 Å². The second-order valence-corrected chi connectivity index (χ2v) is 6.93. The van der Waals surface area contributed by atoms with E-state index < -0.39 is 0 Å². The Morgan fingerprint density at radius 2 is 2.08 bits per heavy atom. The Morgan fingerprint density at radius 3 is 2.72 bits per heavy atom. The predicted octanol–water partition coefficient (Wildman–Crippen LogP) is 5.17. The van der Waals surface area contributed by atoms with Gasteiger partial charge in [-0.25, -0.2) is 4.79 Å². The molecule has 0 unspecified atom stereocenters. The van der Waals surface area contributed by atoms with E-state index in [-0.39, 0.29) is 12.1 Å². The maximum atomic E-state index is 12.0. The number of allylic oxidation sites excluding steroid dienone is 2. The van der Waals surface area contributed by atoms with Crippen molar-refractivity contribution in [2.75, 3.05) is 5.33 Å². The first-order chi connectivity index (χ1) is 11.9. The molecule has 0 fully saturated rings. The van der Waals surface area contributed by atoms with E-state index >= 15 is 0 Å². The predicted molar refractivity (Wildman–Crippen MR) is 102 cm³/mol. The zero-order valence-corrected chi connectivity index (χ0v) is 16.4. The van der Waals surface area contributed by atoms with E-state index in [9.17, 15) is 9.59 Å². The number of ether oxygens (including phenoxy) is 1. The number of aldehydes is 1. The van der Waals surface area contributed by atoms with Gasteiger partial charge in [-0.3, -0.25) is 4.79 Å². The van der Waals surface area contributed by atoms with Crippen LogP contribution in [-0.2, 0) is 9.53 Å². The smallest absolute Gasteiger partial charge is 0.334 e. The number of cyclic esters (lactones) is 1. The monoisotopic (exact) mass is 406 g/mol. The molecule has 0 radical (unpaired) electrons. The molecule has 5 heteroatoms. The fourth-order valence-corrected chi connectivity index (χ4v) is 2.91. The second kappa shape index (κ2) is 8.99. The molecule has 0 amide bonds. The van der Waals surface area contributed by atoms with E-state index in [1.54, 1.807) is 0 Å². The summed E-state index contributed by atoms with van der Waals surface area (Å²) in [7, 11) is 0. The van der Waals surface area contributed by atoms with Crippen LogP contribution in [0.5, 0.6) is 0 Å². The Kier molecular flexibility index (Phi) is 7.00. The molecule has 0 spiro atoms. The Balaban J connectivity index is 1.96. The minimum Gasteiger partial charge on any atom is -0.454 e. The van der Waals surface area contributed by atoms with E-state index in [1.165, 1.54) is 5.57 Å². The lowest BCUT2D eigenvalue weighted by atomic mass is 10.1. The minimum absolute atomic E-state index is 0.222. The van der Waals surface area contributed by atoms with Crippen molar-refractivity contribution >= 4 is 34.3 Å². The van der Waals surface area contributed by atoms with Crippen LogP contribution in [0.3, 0.4) is 0 Å². The number of carbonyl (C=O) groups excluding carboxylic acids is 2. The molecule has 0 saturated heterocycles. The maximum Gasteiger partial charge on any atom is 0.334 e. The number of furan rings is 1. The second-order valence-electron chi connectivity index (χ2n) is 6.37. The van der Waals surface area contributed by atoms with Crippen molar-refractivity contribution in [2.24, 2.45) is 0 Å². The average molecular weight is 407 g/mol. The quantitative estimate of drug-likeness (QED) is 0.258. The number of rotatable bonds is 8. The lowest BCUT2D eigenvalue weighted by Crippen LogP contribution is -2.08. The van der Waals surface area contributed by atoms with Gasteiger partial charge in [0.05, 0.1) is 0 Å². The summed E-state index contributed by atoms with van der Waals surface area (Å²) >= 11 is 3.41. The molecular formula is C20H23BrO4. The van der Waals surface area contributed by atoms with Gasteiger partial charge in [-0.05, 0) is 57.4 Å². The fraction of sp³-hybridized carbons (Fsp3) is 0.400. The molecule has 0 saturated carbocycles.